The number of halogens is 3. The van der Waals surface area contributed by atoms with Gasteiger partial charge >= 0.3 is 12.2 Å². The fourth-order valence-electron chi connectivity index (χ4n) is 1.02. The molecule has 86 valence electrons. The van der Waals surface area contributed by atoms with E-state index in [0.29, 0.717) is 6.07 Å². The Labute approximate surface area is 88.2 Å². The van der Waals surface area contributed by atoms with E-state index in [1.165, 1.54) is 0 Å². The van der Waals surface area contributed by atoms with Gasteiger partial charge in [0.2, 0.25) is 0 Å². The van der Waals surface area contributed by atoms with Crippen molar-refractivity contribution in [1.29, 1.82) is 0 Å². The fourth-order valence-corrected chi connectivity index (χ4v) is 1.02. The summed E-state index contributed by atoms with van der Waals surface area (Å²) >= 11 is 0. The van der Waals surface area contributed by atoms with Crippen molar-refractivity contribution in [3.63, 3.8) is 0 Å². The second-order valence-electron chi connectivity index (χ2n) is 2.90. The maximum atomic E-state index is 12.3. The van der Waals surface area contributed by atoms with Crippen molar-refractivity contribution >= 4 is 11.9 Å². The van der Waals surface area contributed by atoms with Gasteiger partial charge in [0.15, 0.2) is 0 Å². The number of hydrogen-bond acceptors (Lipinski definition) is 2. The number of carbonyl (C=O) groups excluding carboxylic acids is 2. The van der Waals surface area contributed by atoms with Crippen LogP contribution in [0.2, 0.25) is 0 Å². The van der Waals surface area contributed by atoms with Gasteiger partial charge in [0.05, 0.1) is 5.56 Å². The SMILES string of the molecule is NC(=O)NC(=O)c1cccc(C(F)(F)F)c1. The van der Waals surface area contributed by atoms with E-state index in [4.69, 9.17) is 0 Å². The Bertz CT molecular complexity index is 429. The van der Waals surface area contributed by atoms with E-state index in [1.807, 2.05) is 0 Å². The van der Waals surface area contributed by atoms with Gasteiger partial charge in [-0.3, -0.25) is 10.1 Å². The van der Waals surface area contributed by atoms with Gasteiger partial charge in [-0.15, -0.1) is 0 Å². The van der Waals surface area contributed by atoms with Gasteiger partial charge in [0.25, 0.3) is 5.91 Å². The number of hydrogen-bond donors (Lipinski definition) is 2. The molecule has 0 bridgehead atoms. The predicted octanol–water partition coefficient (Wildman–Crippen LogP) is 1.51. The van der Waals surface area contributed by atoms with E-state index in [1.54, 1.807) is 5.32 Å². The Balaban J connectivity index is 2.99. The smallest absolute Gasteiger partial charge is 0.351 e. The van der Waals surface area contributed by atoms with Gasteiger partial charge in [0.1, 0.15) is 0 Å². The van der Waals surface area contributed by atoms with Crippen LogP contribution in [0.15, 0.2) is 24.3 Å². The molecule has 0 heterocycles. The molecule has 0 saturated carbocycles. The summed E-state index contributed by atoms with van der Waals surface area (Å²) in [5, 5.41) is 1.67. The zero-order valence-electron chi connectivity index (χ0n) is 7.84. The predicted molar refractivity (Wildman–Crippen MR) is 48.5 cm³/mol. The number of alkyl halides is 3. The minimum absolute atomic E-state index is 0.284. The number of benzene rings is 1. The third kappa shape index (κ3) is 2.97. The van der Waals surface area contributed by atoms with Crippen molar-refractivity contribution in [3.05, 3.63) is 35.4 Å². The zero-order chi connectivity index (χ0) is 12.3. The normalized spacial score (nSPS) is 10.9. The van der Waals surface area contributed by atoms with Crippen LogP contribution in [0.3, 0.4) is 0 Å². The van der Waals surface area contributed by atoms with Crippen LogP contribution in [-0.4, -0.2) is 11.9 Å². The molecule has 3 N–H and O–H groups in total. The van der Waals surface area contributed by atoms with Gasteiger partial charge in [-0.25, -0.2) is 4.79 Å². The molecule has 3 amide bonds. The zero-order valence-corrected chi connectivity index (χ0v) is 7.84. The van der Waals surface area contributed by atoms with Gasteiger partial charge in [-0.1, -0.05) is 6.07 Å². The molecule has 7 heteroatoms. The molecule has 1 rings (SSSR count). The van der Waals surface area contributed by atoms with E-state index in [2.05, 4.69) is 5.73 Å². The van der Waals surface area contributed by atoms with Gasteiger partial charge in [-0.2, -0.15) is 13.2 Å². The second kappa shape index (κ2) is 4.21. The first-order valence-corrected chi connectivity index (χ1v) is 4.09. The third-order valence-electron chi connectivity index (χ3n) is 1.69. The highest BCUT2D eigenvalue weighted by Crippen LogP contribution is 2.29. The molecule has 0 aliphatic carbocycles. The summed E-state index contributed by atoms with van der Waals surface area (Å²) in [7, 11) is 0. The average Bonchev–Trinajstić information content (AvgIpc) is 2.15. The Hall–Kier alpha value is -2.05. The number of amides is 3. The molecule has 0 aliphatic heterocycles. The van der Waals surface area contributed by atoms with Gasteiger partial charge < -0.3 is 5.73 Å². The van der Waals surface area contributed by atoms with Crippen LogP contribution in [0.1, 0.15) is 15.9 Å². The number of primary amides is 1. The summed E-state index contributed by atoms with van der Waals surface area (Å²) in [5.41, 5.74) is 3.41. The van der Waals surface area contributed by atoms with Crippen LogP contribution in [0.5, 0.6) is 0 Å². The lowest BCUT2D eigenvalue weighted by Crippen LogP contribution is -2.35. The molecule has 1 aromatic rings. The summed E-state index contributed by atoms with van der Waals surface area (Å²) in [4.78, 5) is 21.5. The Morgan fingerprint density at radius 3 is 2.38 bits per heavy atom. The lowest BCUT2D eigenvalue weighted by atomic mass is 10.1. The Morgan fingerprint density at radius 1 is 1.25 bits per heavy atom. The third-order valence-corrected chi connectivity index (χ3v) is 1.69. The van der Waals surface area contributed by atoms with Crippen molar-refractivity contribution in [2.75, 3.05) is 0 Å². The second-order valence-corrected chi connectivity index (χ2v) is 2.90. The van der Waals surface area contributed by atoms with Crippen molar-refractivity contribution in [2.24, 2.45) is 5.73 Å². The molecule has 0 saturated heterocycles. The first-order chi connectivity index (χ1) is 7.30. The largest absolute Gasteiger partial charge is 0.416 e. The fraction of sp³-hybridized carbons (Fsp3) is 0.111. The highest BCUT2D eigenvalue weighted by molar-refractivity contribution is 6.03. The number of imide groups is 1. The van der Waals surface area contributed by atoms with Crippen LogP contribution < -0.4 is 11.1 Å². The molecule has 4 nitrogen and oxygen atoms in total. The van der Waals surface area contributed by atoms with Gasteiger partial charge in [-0.05, 0) is 18.2 Å². The average molecular weight is 232 g/mol. The lowest BCUT2D eigenvalue weighted by Gasteiger charge is -2.07. The van der Waals surface area contributed by atoms with E-state index in [9.17, 15) is 22.8 Å². The van der Waals surface area contributed by atoms with Crippen molar-refractivity contribution in [2.45, 2.75) is 6.18 Å². The molecule has 0 fully saturated rings. The summed E-state index contributed by atoms with van der Waals surface area (Å²) in [6, 6.07) is 2.55. The number of nitrogens with one attached hydrogen (secondary N) is 1. The summed E-state index contributed by atoms with van der Waals surface area (Å²) < 4.78 is 36.8. The molecule has 0 aliphatic rings. The van der Waals surface area contributed by atoms with E-state index in [-0.39, 0.29) is 5.56 Å². The molecule has 0 radical (unpaired) electrons. The van der Waals surface area contributed by atoms with Crippen LogP contribution in [-0.2, 0) is 6.18 Å². The summed E-state index contributed by atoms with van der Waals surface area (Å²) in [6.45, 7) is 0. The number of rotatable bonds is 1. The molecule has 16 heavy (non-hydrogen) atoms. The summed E-state index contributed by atoms with van der Waals surface area (Å²) in [6.07, 6.45) is -4.54. The molecule has 0 atom stereocenters. The first-order valence-electron chi connectivity index (χ1n) is 4.09. The summed E-state index contributed by atoms with van der Waals surface area (Å²) in [5.74, 6) is -0.974. The van der Waals surface area contributed by atoms with E-state index in [0.717, 1.165) is 18.2 Å². The van der Waals surface area contributed by atoms with Crippen molar-refractivity contribution in [3.8, 4) is 0 Å². The molecule has 0 aromatic heterocycles. The highest BCUT2D eigenvalue weighted by Gasteiger charge is 2.30. The maximum absolute atomic E-state index is 12.3. The quantitative estimate of drug-likeness (QED) is 0.770. The Morgan fingerprint density at radius 2 is 1.88 bits per heavy atom. The topological polar surface area (TPSA) is 72.2 Å². The minimum atomic E-state index is -4.54. The molecular weight excluding hydrogens is 225 g/mol. The minimum Gasteiger partial charge on any atom is -0.351 e. The molecule has 0 unspecified atom stereocenters. The first kappa shape index (κ1) is 12.0. The van der Waals surface area contributed by atoms with Crippen molar-refractivity contribution in [1.82, 2.24) is 5.32 Å². The maximum Gasteiger partial charge on any atom is 0.416 e. The van der Waals surface area contributed by atoms with E-state index >= 15 is 0 Å². The van der Waals surface area contributed by atoms with Crippen molar-refractivity contribution < 1.29 is 22.8 Å². The number of nitrogens with two attached hydrogens (primary N) is 1. The monoisotopic (exact) mass is 232 g/mol. The number of carbonyl (C=O) groups is 2. The number of urea groups is 1. The van der Waals surface area contributed by atoms with Crippen LogP contribution in [0.25, 0.3) is 0 Å². The molecule has 0 spiro atoms. The van der Waals surface area contributed by atoms with Crippen LogP contribution in [0.4, 0.5) is 18.0 Å². The molecule has 1 aromatic carbocycles. The lowest BCUT2D eigenvalue weighted by molar-refractivity contribution is -0.137. The molecular formula is C9H7F3N2O2. The van der Waals surface area contributed by atoms with E-state index < -0.39 is 23.7 Å². The van der Waals surface area contributed by atoms with Gasteiger partial charge in [0, 0.05) is 5.56 Å². The Kier molecular flexibility index (Phi) is 3.17. The standard InChI is InChI=1S/C9H7F3N2O2/c10-9(11,12)6-3-1-2-5(4-6)7(15)14-8(13)16/h1-4H,(H3,13,14,15,16). The highest BCUT2D eigenvalue weighted by atomic mass is 19.4. The van der Waals surface area contributed by atoms with Crippen LogP contribution in [0, 0.1) is 0 Å². The van der Waals surface area contributed by atoms with Crippen LogP contribution >= 0.6 is 0 Å².